The molecule has 2 aromatic heterocycles. The van der Waals surface area contributed by atoms with Crippen LogP contribution in [0.1, 0.15) is 0 Å². The fraction of sp³-hybridized carbons (Fsp3) is 0. The Morgan fingerprint density at radius 1 is 0.619 bits per heavy atom. The van der Waals surface area contributed by atoms with E-state index in [-0.39, 0.29) is 0 Å². The van der Waals surface area contributed by atoms with Crippen molar-refractivity contribution in [1.29, 1.82) is 0 Å². The van der Waals surface area contributed by atoms with Gasteiger partial charge in [-0.1, -0.05) is 66.7 Å². The Morgan fingerprint density at radius 3 is 1.95 bits per heavy atom. The van der Waals surface area contributed by atoms with Gasteiger partial charge in [-0.25, -0.2) is 4.52 Å². The largest absolute Gasteiger partial charge is 0.240 e. The van der Waals surface area contributed by atoms with Crippen LogP contribution in [-0.4, -0.2) is 9.61 Å². The zero-order valence-corrected chi connectivity index (χ0v) is 11.5. The summed E-state index contributed by atoms with van der Waals surface area (Å²) >= 11 is 0. The van der Waals surface area contributed by atoms with E-state index in [9.17, 15) is 0 Å². The standard InChI is InChI=1S/C19H14N2/c1-3-9-15(10-4-1)18-17-13-7-8-14-21(17)20-19(18)16-11-5-2-6-12-16/h1-14H. The molecule has 0 atom stereocenters. The fourth-order valence-corrected chi connectivity index (χ4v) is 2.69. The van der Waals surface area contributed by atoms with Crippen LogP contribution >= 0.6 is 0 Å². The van der Waals surface area contributed by atoms with Gasteiger partial charge in [0.2, 0.25) is 0 Å². The summed E-state index contributed by atoms with van der Waals surface area (Å²) in [6, 6.07) is 27.0. The molecule has 100 valence electrons. The molecule has 0 radical (unpaired) electrons. The lowest BCUT2D eigenvalue weighted by Crippen LogP contribution is -1.84. The molecule has 21 heavy (non-hydrogen) atoms. The summed E-state index contributed by atoms with van der Waals surface area (Å²) in [5.74, 6) is 0. The van der Waals surface area contributed by atoms with Gasteiger partial charge in [-0.3, -0.25) is 0 Å². The van der Waals surface area contributed by atoms with Crippen LogP contribution in [0.5, 0.6) is 0 Å². The Kier molecular flexibility index (Phi) is 2.79. The van der Waals surface area contributed by atoms with E-state index in [2.05, 4.69) is 48.5 Å². The van der Waals surface area contributed by atoms with E-state index < -0.39 is 0 Å². The predicted octanol–water partition coefficient (Wildman–Crippen LogP) is 4.67. The molecule has 2 aromatic carbocycles. The lowest BCUT2D eigenvalue weighted by molar-refractivity contribution is 0.966. The van der Waals surface area contributed by atoms with E-state index in [1.54, 1.807) is 0 Å². The highest BCUT2D eigenvalue weighted by Crippen LogP contribution is 2.34. The van der Waals surface area contributed by atoms with E-state index in [0.29, 0.717) is 0 Å². The zero-order chi connectivity index (χ0) is 14.1. The molecule has 0 aliphatic heterocycles. The summed E-state index contributed by atoms with van der Waals surface area (Å²) in [5.41, 5.74) is 5.66. The van der Waals surface area contributed by atoms with Crippen molar-refractivity contribution >= 4 is 5.52 Å². The Bertz CT molecular complexity index is 877. The van der Waals surface area contributed by atoms with Crippen LogP contribution < -0.4 is 0 Å². The molecule has 0 amide bonds. The third kappa shape index (κ3) is 2.01. The lowest BCUT2D eigenvalue weighted by atomic mass is 10.00. The molecule has 0 spiro atoms. The number of hydrogen-bond acceptors (Lipinski definition) is 1. The lowest BCUT2D eigenvalue weighted by Gasteiger charge is -2.03. The van der Waals surface area contributed by atoms with Crippen molar-refractivity contribution in [2.24, 2.45) is 0 Å². The third-order valence-electron chi connectivity index (χ3n) is 3.65. The Balaban J connectivity index is 2.07. The van der Waals surface area contributed by atoms with Gasteiger partial charge in [0.25, 0.3) is 0 Å². The van der Waals surface area contributed by atoms with Gasteiger partial charge in [0, 0.05) is 17.3 Å². The molecule has 2 nitrogen and oxygen atoms in total. The number of pyridine rings is 1. The van der Waals surface area contributed by atoms with Crippen molar-refractivity contribution in [3.05, 3.63) is 85.1 Å². The van der Waals surface area contributed by atoms with Gasteiger partial charge >= 0.3 is 0 Å². The van der Waals surface area contributed by atoms with Crippen molar-refractivity contribution in [3.63, 3.8) is 0 Å². The van der Waals surface area contributed by atoms with Gasteiger partial charge in [-0.15, -0.1) is 0 Å². The molecular formula is C19H14N2. The van der Waals surface area contributed by atoms with Gasteiger partial charge in [-0.05, 0) is 17.7 Å². The van der Waals surface area contributed by atoms with Crippen LogP contribution in [-0.2, 0) is 0 Å². The molecule has 0 bridgehead atoms. The minimum atomic E-state index is 1.02. The smallest absolute Gasteiger partial charge is 0.101 e. The Hall–Kier alpha value is -2.87. The summed E-state index contributed by atoms with van der Waals surface area (Å²) in [6.45, 7) is 0. The highest BCUT2D eigenvalue weighted by molar-refractivity contribution is 5.92. The summed E-state index contributed by atoms with van der Waals surface area (Å²) in [6.07, 6.45) is 1.99. The molecule has 2 heterocycles. The first-order valence-electron chi connectivity index (χ1n) is 7.02. The maximum Gasteiger partial charge on any atom is 0.101 e. The second-order valence-corrected chi connectivity index (χ2v) is 4.99. The second-order valence-electron chi connectivity index (χ2n) is 4.99. The van der Waals surface area contributed by atoms with Crippen LogP contribution in [0.2, 0.25) is 0 Å². The van der Waals surface area contributed by atoms with Gasteiger partial charge in [0.05, 0.1) is 5.52 Å². The number of nitrogens with zero attached hydrogens (tertiary/aromatic N) is 2. The minimum absolute atomic E-state index is 1.02. The third-order valence-corrected chi connectivity index (χ3v) is 3.65. The zero-order valence-electron chi connectivity index (χ0n) is 11.5. The molecule has 0 saturated heterocycles. The molecule has 0 fully saturated rings. The number of hydrogen-bond donors (Lipinski definition) is 0. The predicted molar refractivity (Wildman–Crippen MR) is 86.1 cm³/mol. The summed E-state index contributed by atoms with van der Waals surface area (Å²) < 4.78 is 1.95. The van der Waals surface area contributed by atoms with Crippen molar-refractivity contribution in [2.45, 2.75) is 0 Å². The fourth-order valence-electron chi connectivity index (χ4n) is 2.69. The van der Waals surface area contributed by atoms with Gasteiger partial charge in [0.15, 0.2) is 0 Å². The number of fused-ring (bicyclic) bond motifs is 1. The quantitative estimate of drug-likeness (QED) is 0.517. The van der Waals surface area contributed by atoms with Gasteiger partial charge in [0.1, 0.15) is 5.69 Å². The SMILES string of the molecule is c1ccc(-c2nn3ccccc3c2-c2ccccc2)cc1. The van der Waals surface area contributed by atoms with Crippen LogP contribution in [0.25, 0.3) is 27.9 Å². The maximum atomic E-state index is 4.78. The average molecular weight is 270 g/mol. The Morgan fingerprint density at radius 2 is 1.24 bits per heavy atom. The van der Waals surface area contributed by atoms with Gasteiger partial charge < -0.3 is 0 Å². The monoisotopic (exact) mass is 270 g/mol. The average Bonchev–Trinajstić information content (AvgIpc) is 2.96. The number of rotatable bonds is 2. The molecule has 0 N–H and O–H groups in total. The normalized spacial score (nSPS) is 10.9. The first-order chi connectivity index (χ1) is 10.4. The molecule has 0 aliphatic rings. The van der Waals surface area contributed by atoms with Gasteiger partial charge in [-0.2, -0.15) is 5.10 Å². The van der Waals surface area contributed by atoms with Crippen molar-refractivity contribution in [2.75, 3.05) is 0 Å². The molecule has 0 unspecified atom stereocenters. The molecule has 2 heteroatoms. The topological polar surface area (TPSA) is 17.3 Å². The summed E-state index contributed by atoms with van der Waals surface area (Å²) in [7, 11) is 0. The summed E-state index contributed by atoms with van der Waals surface area (Å²) in [4.78, 5) is 0. The minimum Gasteiger partial charge on any atom is -0.240 e. The highest BCUT2D eigenvalue weighted by Gasteiger charge is 2.15. The molecule has 4 aromatic rings. The molecular weight excluding hydrogens is 256 g/mol. The molecule has 4 rings (SSSR count). The maximum absolute atomic E-state index is 4.78. The number of benzene rings is 2. The summed E-state index contributed by atoms with van der Waals surface area (Å²) in [5, 5.41) is 4.78. The van der Waals surface area contributed by atoms with Crippen LogP contribution in [0.3, 0.4) is 0 Å². The van der Waals surface area contributed by atoms with E-state index in [4.69, 9.17) is 5.10 Å². The second kappa shape index (κ2) is 4.91. The van der Waals surface area contributed by atoms with Crippen LogP contribution in [0.4, 0.5) is 0 Å². The Labute approximate surface area is 123 Å². The molecule has 0 saturated carbocycles. The van der Waals surface area contributed by atoms with E-state index in [1.165, 1.54) is 11.1 Å². The van der Waals surface area contributed by atoms with Crippen LogP contribution in [0, 0.1) is 0 Å². The first kappa shape index (κ1) is 11.9. The highest BCUT2D eigenvalue weighted by atomic mass is 15.2. The van der Waals surface area contributed by atoms with Crippen molar-refractivity contribution < 1.29 is 0 Å². The van der Waals surface area contributed by atoms with E-state index in [0.717, 1.165) is 16.8 Å². The van der Waals surface area contributed by atoms with E-state index >= 15 is 0 Å². The molecule has 0 aliphatic carbocycles. The van der Waals surface area contributed by atoms with Crippen molar-refractivity contribution in [3.8, 4) is 22.4 Å². The van der Waals surface area contributed by atoms with Crippen molar-refractivity contribution in [1.82, 2.24) is 9.61 Å². The van der Waals surface area contributed by atoms with Crippen LogP contribution in [0.15, 0.2) is 85.1 Å². The van der Waals surface area contributed by atoms with E-state index in [1.807, 2.05) is 41.0 Å². The first-order valence-corrected chi connectivity index (χ1v) is 7.02. The number of aromatic nitrogens is 2.